The molecule has 4 heterocycles. The SMILES string of the molecule is CN1CCN(C)C(COc2nccc(C(C#N)c3nc4cccnc4s3)n2)C1. The average Bonchev–Trinajstić information content (AvgIpc) is 3.13. The smallest absolute Gasteiger partial charge is 0.316 e. The van der Waals surface area contributed by atoms with Crippen LogP contribution in [0.1, 0.15) is 16.6 Å². The molecule has 2 unspecified atom stereocenters. The topological polar surface area (TPSA) is 91.1 Å². The second kappa shape index (κ2) is 8.14. The predicted octanol–water partition coefficient (Wildman–Crippen LogP) is 1.76. The second-order valence-electron chi connectivity index (χ2n) is 6.91. The second-order valence-corrected chi connectivity index (χ2v) is 7.92. The first-order valence-corrected chi connectivity index (χ1v) is 9.91. The lowest BCUT2D eigenvalue weighted by Gasteiger charge is -2.37. The molecule has 1 saturated heterocycles. The predicted molar refractivity (Wildman–Crippen MR) is 106 cm³/mol. The Bertz CT molecular complexity index is 968. The Labute approximate surface area is 167 Å². The Morgan fingerprint density at radius 1 is 1.25 bits per heavy atom. The highest BCUT2D eigenvalue weighted by Gasteiger charge is 2.24. The van der Waals surface area contributed by atoms with E-state index in [0.717, 1.165) is 30.0 Å². The third-order valence-electron chi connectivity index (χ3n) is 4.89. The van der Waals surface area contributed by atoms with E-state index < -0.39 is 5.92 Å². The number of pyridine rings is 1. The number of thiazole rings is 1. The molecule has 1 aliphatic rings. The highest BCUT2D eigenvalue weighted by atomic mass is 32.1. The Morgan fingerprint density at radius 2 is 2.14 bits per heavy atom. The van der Waals surface area contributed by atoms with Crippen molar-refractivity contribution in [1.82, 2.24) is 29.7 Å². The van der Waals surface area contributed by atoms with Crippen LogP contribution in [0, 0.1) is 11.3 Å². The Balaban J connectivity index is 1.51. The van der Waals surface area contributed by atoms with E-state index in [-0.39, 0.29) is 6.04 Å². The zero-order chi connectivity index (χ0) is 19.5. The molecule has 1 aliphatic heterocycles. The van der Waals surface area contributed by atoms with Gasteiger partial charge in [-0.2, -0.15) is 10.2 Å². The quantitative estimate of drug-likeness (QED) is 0.645. The van der Waals surface area contributed by atoms with Crippen LogP contribution in [0.15, 0.2) is 30.6 Å². The van der Waals surface area contributed by atoms with Crippen LogP contribution in [-0.2, 0) is 0 Å². The molecule has 28 heavy (non-hydrogen) atoms. The molecule has 8 nitrogen and oxygen atoms in total. The molecule has 0 radical (unpaired) electrons. The zero-order valence-electron chi connectivity index (χ0n) is 15.8. The van der Waals surface area contributed by atoms with E-state index >= 15 is 0 Å². The number of hydrogen-bond acceptors (Lipinski definition) is 9. The molecular weight excluding hydrogens is 374 g/mol. The first kappa shape index (κ1) is 18.7. The number of aromatic nitrogens is 4. The van der Waals surface area contributed by atoms with Crippen LogP contribution in [0.4, 0.5) is 0 Å². The van der Waals surface area contributed by atoms with Gasteiger partial charge in [0.25, 0.3) is 0 Å². The van der Waals surface area contributed by atoms with Crippen LogP contribution in [0.2, 0.25) is 0 Å². The Morgan fingerprint density at radius 3 is 2.96 bits per heavy atom. The summed E-state index contributed by atoms with van der Waals surface area (Å²) in [6.45, 7) is 3.51. The van der Waals surface area contributed by atoms with Crippen LogP contribution < -0.4 is 4.74 Å². The summed E-state index contributed by atoms with van der Waals surface area (Å²) in [5, 5.41) is 10.4. The van der Waals surface area contributed by atoms with Gasteiger partial charge in [0, 0.05) is 32.0 Å². The van der Waals surface area contributed by atoms with Gasteiger partial charge in [-0.05, 0) is 32.3 Å². The lowest BCUT2D eigenvalue weighted by Crippen LogP contribution is -2.52. The van der Waals surface area contributed by atoms with Crippen molar-refractivity contribution in [3.8, 4) is 12.1 Å². The van der Waals surface area contributed by atoms with Crippen molar-refractivity contribution in [2.45, 2.75) is 12.0 Å². The standard InChI is InChI=1S/C19H21N7OS/c1-25-8-9-26(2)13(11-25)12-27-19-22-7-5-15(24-19)14(10-20)17-23-16-4-3-6-21-18(16)28-17/h3-7,13-14H,8-9,11-12H2,1-2H3. The molecule has 9 heteroatoms. The normalized spacial score (nSPS) is 19.4. The molecule has 0 aromatic carbocycles. The average molecular weight is 395 g/mol. The van der Waals surface area contributed by atoms with Gasteiger partial charge in [-0.1, -0.05) is 11.3 Å². The van der Waals surface area contributed by atoms with Crippen LogP contribution in [0.3, 0.4) is 0 Å². The van der Waals surface area contributed by atoms with Gasteiger partial charge in [-0.15, -0.1) is 0 Å². The number of nitrogens with zero attached hydrogens (tertiary/aromatic N) is 7. The van der Waals surface area contributed by atoms with Gasteiger partial charge >= 0.3 is 6.01 Å². The van der Waals surface area contributed by atoms with Gasteiger partial charge in [-0.3, -0.25) is 4.90 Å². The van der Waals surface area contributed by atoms with Crippen molar-refractivity contribution >= 4 is 21.7 Å². The summed E-state index contributed by atoms with van der Waals surface area (Å²) in [5.74, 6) is -0.576. The van der Waals surface area contributed by atoms with Crippen LogP contribution in [-0.4, -0.2) is 76.1 Å². The number of nitriles is 1. The molecule has 0 saturated carbocycles. The van der Waals surface area contributed by atoms with Crippen LogP contribution >= 0.6 is 11.3 Å². The van der Waals surface area contributed by atoms with Gasteiger partial charge < -0.3 is 9.64 Å². The molecule has 0 N–H and O–H groups in total. The summed E-state index contributed by atoms with van der Waals surface area (Å²) in [6.07, 6.45) is 3.35. The van der Waals surface area contributed by atoms with E-state index in [2.05, 4.69) is 49.9 Å². The molecule has 3 aromatic rings. The van der Waals surface area contributed by atoms with Crippen molar-refractivity contribution in [3.05, 3.63) is 41.3 Å². The van der Waals surface area contributed by atoms with Gasteiger partial charge in [0.15, 0.2) is 0 Å². The highest BCUT2D eigenvalue weighted by molar-refractivity contribution is 7.18. The van der Waals surface area contributed by atoms with E-state index in [1.54, 1.807) is 18.5 Å². The van der Waals surface area contributed by atoms with E-state index in [9.17, 15) is 5.26 Å². The highest BCUT2D eigenvalue weighted by Crippen LogP contribution is 2.29. The Kier molecular flexibility index (Phi) is 5.43. The molecule has 144 valence electrons. The molecule has 4 rings (SSSR count). The van der Waals surface area contributed by atoms with Crippen molar-refractivity contribution in [2.24, 2.45) is 0 Å². The van der Waals surface area contributed by atoms with Gasteiger partial charge in [0.2, 0.25) is 0 Å². The number of fused-ring (bicyclic) bond motifs is 1. The maximum atomic E-state index is 9.73. The number of rotatable bonds is 5. The lowest BCUT2D eigenvalue weighted by molar-refractivity contribution is 0.0749. The minimum absolute atomic E-state index is 0.285. The van der Waals surface area contributed by atoms with Gasteiger partial charge in [0.05, 0.1) is 17.8 Å². The molecule has 3 aromatic heterocycles. The van der Waals surface area contributed by atoms with Crippen LogP contribution in [0.5, 0.6) is 6.01 Å². The van der Waals surface area contributed by atoms with Crippen molar-refractivity contribution in [3.63, 3.8) is 0 Å². The van der Waals surface area contributed by atoms with Gasteiger partial charge in [0.1, 0.15) is 27.9 Å². The minimum Gasteiger partial charge on any atom is -0.462 e. The Hall–Kier alpha value is -2.67. The summed E-state index contributed by atoms with van der Waals surface area (Å²) in [5.41, 5.74) is 1.37. The number of piperazine rings is 1. The minimum atomic E-state index is -0.576. The number of likely N-dealkylation sites (N-methyl/N-ethyl adjacent to an activating group) is 2. The molecule has 0 bridgehead atoms. The monoisotopic (exact) mass is 395 g/mol. The van der Waals surface area contributed by atoms with Gasteiger partial charge in [-0.25, -0.2) is 15.0 Å². The molecule has 1 fully saturated rings. The van der Waals surface area contributed by atoms with E-state index in [0.29, 0.717) is 23.3 Å². The number of ether oxygens (including phenoxy) is 1. The third-order valence-corrected chi connectivity index (χ3v) is 5.94. The summed E-state index contributed by atoms with van der Waals surface area (Å²) in [7, 11) is 4.21. The summed E-state index contributed by atoms with van der Waals surface area (Å²) in [4.78, 5) is 22.9. The maximum absolute atomic E-state index is 9.73. The molecule has 2 atom stereocenters. The fourth-order valence-corrected chi connectivity index (χ4v) is 4.16. The van der Waals surface area contributed by atoms with Crippen molar-refractivity contribution in [1.29, 1.82) is 5.26 Å². The summed E-state index contributed by atoms with van der Waals surface area (Å²) < 4.78 is 5.87. The summed E-state index contributed by atoms with van der Waals surface area (Å²) >= 11 is 1.41. The largest absolute Gasteiger partial charge is 0.462 e. The van der Waals surface area contributed by atoms with E-state index in [4.69, 9.17) is 4.74 Å². The van der Waals surface area contributed by atoms with E-state index in [1.165, 1.54) is 11.3 Å². The lowest BCUT2D eigenvalue weighted by atomic mass is 10.1. The zero-order valence-corrected chi connectivity index (χ0v) is 16.6. The maximum Gasteiger partial charge on any atom is 0.316 e. The molecule has 0 aliphatic carbocycles. The third kappa shape index (κ3) is 3.94. The summed E-state index contributed by atoms with van der Waals surface area (Å²) in [6, 6.07) is 8.34. The van der Waals surface area contributed by atoms with E-state index in [1.807, 2.05) is 12.1 Å². The fraction of sp³-hybridized carbons (Fsp3) is 0.421. The molecule has 0 amide bonds. The first-order chi connectivity index (χ1) is 13.6. The van der Waals surface area contributed by atoms with Crippen LogP contribution in [0.25, 0.3) is 10.3 Å². The fourth-order valence-electron chi connectivity index (χ4n) is 3.19. The number of hydrogen-bond donors (Lipinski definition) is 0. The molecule has 0 spiro atoms. The molecular formula is C19H21N7OS. The van der Waals surface area contributed by atoms with Crippen molar-refractivity contribution in [2.75, 3.05) is 40.3 Å². The first-order valence-electron chi connectivity index (χ1n) is 9.09. The van der Waals surface area contributed by atoms with Crippen molar-refractivity contribution < 1.29 is 4.74 Å².